The van der Waals surface area contributed by atoms with E-state index in [9.17, 15) is 14.3 Å². The first-order valence-electron chi connectivity index (χ1n) is 5.79. The lowest BCUT2D eigenvalue weighted by atomic mass is 10.0. The first kappa shape index (κ1) is 16.6. The Morgan fingerprint density at radius 2 is 1.94 bits per heavy atom. The first-order valence-corrected chi connectivity index (χ1v) is 7.37. The molecule has 3 atom stereocenters. The molecule has 7 heteroatoms. The summed E-state index contributed by atoms with van der Waals surface area (Å²) in [5, 5.41) is 2.34. The van der Waals surface area contributed by atoms with Crippen molar-refractivity contribution in [1.29, 1.82) is 0 Å². The molecule has 102 valence electrons. The second-order valence-corrected chi connectivity index (χ2v) is 5.24. The van der Waals surface area contributed by atoms with Gasteiger partial charge in [-0.05, 0) is 19.8 Å². The zero-order chi connectivity index (χ0) is 13.5. The van der Waals surface area contributed by atoms with Crippen LogP contribution in [0.3, 0.4) is 0 Å². The molecular formula is C10H22NO5P. The Bertz CT molecular complexity index is 284. The Balaban J connectivity index is 4.70. The van der Waals surface area contributed by atoms with E-state index in [0.717, 1.165) is 0 Å². The zero-order valence-corrected chi connectivity index (χ0v) is 11.7. The van der Waals surface area contributed by atoms with E-state index in [-0.39, 0.29) is 19.1 Å². The van der Waals surface area contributed by atoms with Crippen LogP contribution >= 0.6 is 7.75 Å². The summed E-state index contributed by atoms with van der Waals surface area (Å²) in [5.74, 6) is -0.647. The quantitative estimate of drug-likeness (QED) is 0.514. The van der Waals surface area contributed by atoms with Gasteiger partial charge in [-0.1, -0.05) is 20.3 Å². The predicted octanol–water partition coefficient (Wildman–Crippen LogP) is 1.69. The number of carbonyl (C=O) groups excluding carboxylic acids is 1. The highest BCUT2D eigenvalue weighted by atomic mass is 31.2. The molecule has 0 aromatic carbocycles. The van der Waals surface area contributed by atoms with Gasteiger partial charge in [0, 0.05) is 0 Å². The van der Waals surface area contributed by atoms with Gasteiger partial charge in [0.1, 0.15) is 6.04 Å². The third kappa shape index (κ3) is 6.17. The van der Waals surface area contributed by atoms with Gasteiger partial charge in [-0.3, -0.25) is 9.32 Å². The fourth-order valence-corrected chi connectivity index (χ4v) is 2.40. The Morgan fingerprint density at radius 3 is 2.35 bits per heavy atom. The maximum Gasteiger partial charge on any atom is 0.403 e. The minimum absolute atomic E-state index is 0.0941. The Morgan fingerprint density at radius 1 is 1.35 bits per heavy atom. The van der Waals surface area contributed by atoms with E-state index in [4.69, 9.17) is 4.74 Å². The fourth-order valence-electron chi connectivity index (χ4n) is 1.27. The van der Waals surface area contributed by atoms with E-state index in [2.05, 4.69) is 9.61 Å². The van der Waals surface area contributed by atoms with Crippen LogP contribution in [0, 0.1) is 5.92 Å². The molecule has 0 aromatic rings. The standard InChI is InChI=1S/C10H22NO5P/c1-5-8(4)9(10(12)15-6-2)11-17(13,14)16-7-3/h8-9H,5-7H2,1-4H3,(H2,11,13,14)/t8-,9-/m0/s1. The van der Waals surface area contributed by atoms with Crippen LogP contribution in [0.4, 0.5) is 0 Å². The summed E-state index contributed by atoms with van der Waals surface area (Å²) in [5.41, 5.74) is 0. The van der Waals surface area contributed by atoms with Crippen molar-refractivity contribution in [3.63, 3.8) is 0 Å². The molecule has 0 bridgehead atoms. The lowest BCUT2D eigenvalue weighted by Crippen LogP contribution is -2.41. The van der Waals surface area contributed by atoms with Crippen molar-refractivity contribution < 1.29 is 23.5 Å². The van der Waals surface area contributed by atoms with Gasteiger partial charge in [0.25, 0.3) is 0 Å². The third-order valence-electron chi connectivity index (χ3n) is 2.36. The molecule has 1 unspecified atom stereocenters. The first-order chi connectivity index (χ1) is 7.87. The van der Waals surface area contributed by atoms with Crippen LogP contribution in [0.25, 0.3) is 0 Å². The average molecular weight is 267 g/mol. The molecule has 0 rings (SSSR count). The van der Waals surface area contributed by atoms with Crippen LogP contribution in [0.1, 0.15) is 34.1 Å². The van der Waals surface area contributed by atoms with Crippen LogP contribution in [0.2, 0.25) is 0 Å². The number of esters is 1. The summed E-state index contributed by atoms with van der Waals surface area (Å²) >= 11 is 0. The van der Waals surface area contributed by atoms with Gasteiger partial charge in [-0.15, -0.1) is 0 Å². The molecule has 0 heterocycles. The average Bonchev–Trinajstić information content (AvgIpc) is 2.25. The highest BCUT2D eigenvalue weighted by Gasteiger charge is 2.32. The second kappa shape index (κ2) is 7.82. The monoisotopic (exact) mass is 267 g/mol. The molecule has 0 saturated heterocycles. The van der Waals surface area contributed by atoms with E-state index in [1.165, 1.54) is 0 Å². The number of hydrogen-bond acceptors (Lipinski definition) is 4. The van der Waals surface area contributed by atoms with Crippen molar-refractivity contribution in [3.8, 4) is 0 Å². The number of hydrogen-bond donors (Lipinski definition) is 2. The van der Waals surface area contributed by atoms with Crippen molar-refractivity contribution in [2.75, 3.05) is 13.2 Å². The molecule has 0 aliphatic heterocycles. The highest BCUT2D eigenvalue weighted by Crippen LogP contribution is 2.38. The SMILES string of the molecule is CCOC(=O)[C@@H](NP(=O)(O)OCC)[C@@H](C)CC. The Hall–Kier alpha value is -0.420. The third-order valence-corrected chi connectivity index (χ3v) is 3.57. The summed E-state index contributed by atoms with van der Waals surface area (Å²) in [7, 11) is -3.94. The molecule has 6 nitrogen and oxygen atoms in total. The van der Waals surface area contributed by atoms with E-state index >= 15 is 0 Å². The summed E-state index contributed by atoms with van der Waals surface area (Å²) in [6.07, 6.45) is 0.683. The van der Waals surface area contributed by atoms with Gasteiger partial charge in [0.05, 0.1) is 13.2 Å². The van der Waals surface area contributed by atoms with E-state index < -0.39 is 19.8 Å². The van der Waals surface area contributed by atoms with E-state index in [1.54, 1.807) is 20.8 Å². The normalized spacial score (nSPS) is 18.2. The molecule has 0 aliphatic rings. The summed E-state index contributed by atoms with van der Waals surface area (Å²) in [6.45, 7) is 7.32. The minimum atomic E-state index is -3.94. The van der Waals surface area contributed by atoms with Crippen molar-refractivity contribution >= 4 is 13.7 Å². The molecule has 0 spiro atoms. The predicted molar refractivity (Wildman–Crippen MR) is 64.5 cm³/mol. The molecule has 0 amide bonds. The van der Waals surface area contributed by atoms with Crippen LogP contribution < -0.4 is 5.09 Å². The molecule has 0 saturated carbocycles. The molecular weight excluding hydrogens is 245 g/mol. The molecule has 0 aliphatic carbocycles. The lowest BCUT2D eigenvalue weighted by Gasteiger charge is -2.24. The van der Waals surface area contributed by atoms with Gasteiger partial charge < -0.3 is 9.63 Å². The van der Waals surface area contributed by atoms with Crippen LogP contribution in [0.15, 0.2) is 0 Å². The maximum atomic E-state index is 11.7. The topological polar surface area (TPSA) is 84.9 Å². The number of rotatable bonds is 8. The van der Waals surface area contributed by atoms with Gasteiger partial charge in [0.15, 0.2) is 0 Å². The van der Waals surface area contributed by atoms with Gasteiger partial charge >= 0.3 is 13.7 Å². The number of nitrogens with one attached hydrogen (secondary N) is 1. The summed E-state index contributed by atoms with van der Waals surface area (Å²) in [6, 6.07) is -0.831. The van der Waals surface area contributed by atoms with Gasteiger partial charge in [-0.2, -0.15) is 0 Å². The smallest absolute Gasteiger partial charge is 0.403 e. The highest BCUT2D eigenvalue weighted by molar-refractivity contribution is 7.50. The molecule has 17 heavy (non-hydrogen) atoms. The lowest BCUT2D eigenvalue weighted by molar-refractivity contribution is -0.146. The zero-order valence-electron chi connectivity index (χ0n) is 10.8. The molecule has 0 aromatic heterocycles. The van der Waals surface area contributed by atoms with Crippen molar-refractivity contribution in [3.05, 3.63) is 0 Å². The number of carbonyl (C=O) groups is 1. The molecule has 2 N–H and O–H groups in total. The van der Waals surface area contributed by atoms with Crippen molar-refractivity contribution in [2.45, 2.75) is 40.2 Å². The summed E-state index contributed by atoms with van der Waals surface area (Å²) < 4.78 is 21.1. The van der Waals surface area contributed by atoms with Crippen LogP contribution in [0.5, 0.6) is 0 Å². The van der Waals surface area contributed by atoms with Crippen molar-refractivity contribution in [2.24, 2.45) is 5.92 Å². The van der Waals surface area contributed by atoms with Gasteiger partial charge in [-0.25, -0.2) is 9.65 Å². The van der Waals surface area contributed by atoms with Gasteiger partial charge in [0.2, 0.25) is 0 Å². The maximum absolute atomic E-state index is 11.7. The van der Waals surface area contributed by atoms with Crippen LogP contribution in [-0.4, -0.2) is 30.1 Å². The minimum Gasteiger partial charge on any atom is -0.465 e. The van der Waals surface area contributed by atoms with Crippen molar-refractivity contribution in [1.82, 2.24) is 5.09 Å². The fraction of sp³-hybridized carbons (Fsp3) is 0.900. The largest absolute Gasteiger partial charge is 0.465 e. The molecule has 0 fully saturated rings. The van der Waals surface area contributed by atoms with E-state index in [0.29, 0.717) is 6.42 Å². The second-order valence-electron chi connectivity index (χ2n) is 3.68. The Kier molecular flexibility index (Phi) is 7.63. The Labute approximate surface area is 102 Å². The molecule has 0 radical (unpaired) electrons. The van der Waals surface area contributed by atoms with Crippen LogP contribution in [-0.2, 0) is 18.6 Å². The number of ether oxygens (including phenoxy) is 1. The van der Waals surface area contributed by atoms with E-state index in [1.807, 2.05) is 6.92 Å². The summed E-state index contributed by atoms with van der Waals surface area (Å²) in [4.78, 5) is 21.1.